The van der Waals surface area contributed by atoms with E-state index in [1.165, 1.54) is 29.0 Å². The van der Waals surface area contributed by atoms with Gasteiger partial charge in [-0.2, -0.15) is 0 Å². The van der Waals surface area contributed by atoms with Crippen molar-refractivity contribution in [2.24, 2.45) is 0 Å². The zero-order chi connectivity index (χ0) is 14.7. The number of anilines is 1. The van der Waals surface area contributed by atoms with Crippen LogP contribution in [0.5, 0.6) is 0 Å². The highest BCUT2D eigenvalue weighted by Crippen LogP contribution is 2.26. The molecule has 0 bridgehead atoms. The molecule has 1 saturated carbocycles. The van der Waals surface area contributed by atoms with Crippen molar-refractivity contribution in [2.75, 3.05) is 18.5 Å². The number of thiophene rings is 1. The van der Waals surface area contributed by atoms with Gasteiger partial charge in [0.15, 0.2) is 0 Å². The normalized spacial score (nSPS) is 14.4. The Labute approximate surface area is 139 Å². The molecule has 3 rings (SSSR count). The molecule has 1 aliphatic carbocycles. The number of likely N-dealkylation sites (N-methyl/N-ethyl adjacent to an activating group) is 1. The highest BCUT2D eigenvalue weighted by atomic mass is 79.9. The van der Waals surface area contributed by atoms with Gasteiger partial charge < -0.3 is 10.2 Å². The van der Waals surface area contributed by atoms with Crippen molar-refractivity contribution in [3.8, 4) is 0 Å². The zero-order valence-corrected chi connectivity index (χ0v) is 14.7. The molecule has 0 amide bonds. The third kappa shape index (κ3) is 4.31. The van der Waals surface area contributed by atoms with Crippen LogP contribution < -0.4 is 10.2 Å². The number of hydrogen-bond acceptors (Lipinski definition) is 3. The molecule has 2 nitrogen and oxygen atoms in total. The van der Waals surface area contributed by atoms with Crippen molar-refractivity contribution in [1.82, 2.24) is 5.32 Å². The van der Waals surface area contributed by atoms with Crippen LogP contribution in [0, 0.1) is 0 Å². The lowest BCUT2D eigenvalue weighted by atomic mass is 10.1. The maximum absolute atomic E-state index is 3.62. The van der Waals surface area contributed by atoms with Crippen LogP contribution in [0.15, 0.2) is 40.2 Å². The number of nitrogens with zero attached hydrogens (tertiary/aromatic N) is 1. The van der Waals surface area contributed by atoms with Crippen LogP contribution in [-0.2, 0) is 13.0 Å². The van der Waals surface area contributed by atoms with Gasteiger partial charge in [-0.15, -0.1) is 11.3 Å². The number of halogens is 1. The van der Waals surface area contributed by atoms with Crippen molar-refractivity contribution >= 4 is 33.0 Å². The first kappa shape index (κ1) is 15.1. The number of rotatable bonds is 7. The van der Waals surface area contributed by atoms with Gasteiger partial charge >= 0.3 is 0 Å². The van der Waals surface area contributed by atoms with Gasteiger partial charge in [0, 0.05) is 41.2 Å². The van der Waals surface area contributed by atoms with Gasteiger partial charge in [0.2, 0.25) is 0 Å². The second-order valence-corrected chi connectivity index (χ2v) is 7.63. The molecule has 1 aliphatic rings. The maximum atomic E-state index is 3.62. The molecule has 1 heterocycles. The third-order valence-electron chi connectivity index (χ3n) is 3.89. The monoisotopic (exact) mass is 364 g/mol. The van der Waals surface area contributed by atoms with Gasteiger partial charge in [0.1, 0.15) is 0 Å². The number of hydrogen-bond donors (Lipinski definition) is 1. The van der Waals surface area contributed by atoms with Crippen LogP contribution in [0.2, 0.25) is 0 Å². The minimum Gasteiger partial charge on any atom is -0.374 e. The molecule has 1 N–H and O–H groups in total. The highest BCUT2D eigenvalue weighted by molar-refractivity contribution is 9.10. The molecule has 1 fully saturated rings. The average molecular weight is 365 g/mol. The molecule has 0 atom stereocenters. The van der Waals surface area contributed by atoms with E-state index in [0.717, 1.165) is 30.0 Å². The summed E-state index contributed by atoms with van der Waals surface area (Å²) in [6.07, 6.45) is 3.77. The summed E-state index contributed by atoms with van der Waals surface area (Å²) in [5.74, 6) is 0. The maximum Gasteiger partial charge on any atom is 0.0410 e. The predicted molar refractivity (Wildman–Crippen MR) is 95.3 cm³/mol. The van der Waals surface area contributed by atoms with Gasteiger partial charge in [-0.25, -0.2) is 0 Å². The Morgan fingerprint density at radius 3 is 2.90 bits per heavy atom. The summed E-state index contributed by atoms with van der Waals surface area (Å²) >= 11 is 5.44. The van der Waals surface area contributed by atoms with Crippen LogP contribution in [0.4, 0.5) is 5.69 Å². The van der Waals surface area contributed by atoms with Crippen LogP contribution in [-0.4, -0.2) is 19.6 Å². The third-order valence-corrected chi connectivity index (χ3v) is 5.31. The van der Waals surface area contributed by atoms with Gasteiger partial charge in [0.05, 0.1) is 0 Å². The Bertz CT molecular complexity index is 578. The Balaban J connectivity index is 1.66. The van der Waals surface area contributed by atoms with Gasteiger partial charge in [-0.05, 0) is 54.5 Å². The molecule has 21 heavy (non-hydrogen) atoms. The Hall–Kier alpha value is -0.840. The molecule has 4 heteroatoms. The summed E-state index contributed by atoms with van der Waals surface area (Å²) in [5.41, 5.74) is 2.72. The zero-order valence-electron chi connectivity index (χ0n) is 12.3. The fraction of sp³-hybridized carbons (Fsp3) is 0.412. The van der Waals surface area contributed by atoms with E-state index in [2.05, 4.69) is 68.9 Å². The van der Waals surface area contributed by atoms with Crippen molar-refractivity contribution in [3.63, 3.8) is 0 Å². The predicted octanol–water partition coefficient (Wildman–Crippen LogP) is 4.44. The Morgan fingerprint density at radius 2 is 2.19 bits per heavy atom. The SMILES string of the molecule is CN(CCc1cccs1)c1ccc(Br)cc1CNC1CC1. The lowest BCUT2D eigenvalue weighted by Gasteiger charge is -2.23. The van der Waals surface area contributed by atoms with Gasteiger partial charge in [0.25, 0.3) is 0 Å². The molecule has 0 radical (unpaired) electrons. The molecule has 0 spiro atoms. The van der Waals surface area contributed by atoms with E-state index in [-0.39, 0.29) is 0 Å². The molecule has 1 aromatic heterocycles. The van der Waals surface area contributed by atoms with Crippen LogP contribution >= 0.6 is 27.3 Å². The van der Waals surface area contributed by atoms with E-state index in [9.17, 15) is 0 Å². The Morgan fingerprint density at radius 1 is 1.33 bits per heavy atom. The van der Waals surface area contributed by atoms with Crippen molar-refractivity contribution in [2.45, 2.75) is 31.8 Å². The fourth-order valence-electron chi connectivity index (χ4n) is 2.46. The molecule has 0 aliphatic heterocycles. The van der Waals surface area contributed by atoms with E-state index in [1.54, 1.807) is 0 Å². The molecule has 0 unspecified atom stereocenters. The van der Waals surface area contributed by atoms with E-state index < -0.39 is 0 Å². The van der Waals surface area contributed by atoms with Crippen molar-refractivity contribution in [1.29, 1.82) is 0 Å². The van der Waals surface area contributed by atoms with E-state index in [4.69, 9.17) is 0 Å². The summed E-state index contributed by atoms with van der Waals surface area (Å²) in [4.78, 5) is 3.83. The van der Waals surface area contributed by atoms with Crippen molar-refractivity contribution in [3.05, 3.63) is 50.6 Å². The summed E-state index contributed by atoms with van der Waals surface area (Å²) < 4.78 is 1.16. The minimum absolute atomic E-state index is 0.744. The number of nitrogens with one attached hydrogen (secondary N) is 1. The van der Waals surface area contributed by atoms with Crippen LogP contribution in [0.3, 0.4) is 0 Å². The first-order valence-electron chi connectivity index (χ1n) is 7.48. The topological polar surface area (TPSA) is 15.3 Å². The lowest BCUT2D eigenvalue weighted by Crippen LogP contribution is -2.23. The summed E-state index contributed by atoms with van der Waals surface area (Å²) in [6, 6.07) is 11.7. The summed E-state index contributed by atoms with van der Waals surface area (Å²) in [6.45, 7) is 2.02. The fourth-order valence-corrected chi connectivity index (χ4v) is 3.57. The first-order chi connectivity index (χ1) is 10.2. The molecular formula is C17H21BrN2S. The first-order valence-corrected chi connectivity index (χ1v) is 9.15. The van der Waals surface area contributed by atoms with Crippen molar-refractivity contribution < 1.29 is 0 Å². The molecular weight excluding hydrogens is 344 g/mol. The van der Waals surface area contributed by atoms with E-state index >= 15 is 0 Å². The standard InChI is InChI=1S/C17H21BrN2S/c1-20(9-8-16-3-2-10-21-16)17-7-4-14(18)11-13(17)12-19-15-5-6-15/h2-4,7,10-11,15,19H,5-6,8-9,12H2,1H3. The molecule has 112 valence electrons. The quantitative estimate of drug-likeness (QED) is 0.780. The van der Waals surface area contributed by atoms with E-state index in [0.29, 0.717) is 0 Å². The molecule has 0 saturated heterocycles. The second-order valence-electron chi connectivity index (χ2n) is 5.68. The minimum atomic E-state index is 0.744. The molecule has 2 aromatic rings. The van der Waals surface area contributed by atoms with Crippen LogP contribution in [0.1, 0.15) is 23.3 Å². The lowest BCUT2D eigenvalue weighted by molar-refractivity contribution is 0.685. The average Bonchev–Trinajstić information content (AvgIpc) is 3.16. The highest BCUT2D eigenvalue weighted by Gasteiger charge is 2.20. The van der Waals surface area contributed by atoms with Gasteiger partial charge in [-0.1, -0.05) is 22.0 Å². The van der Waals surface area contributed by atoms with Crippen LogP contribution in [0.25, 0.3) is 0 Å². The molecule has 1 aromatic carbocycles. The summed E-state index contributed by atoms with van der Waals surface area (Å²) in [5, 5.41) is 5.77. The second kappa shape index (κ2) is 6.95. The smallest absolute Gasteiger partial charge is 0.0410 e. The largest absolute Gasteiger partial charge is 0.374 e. The van der Waals surface area contributed by atoms with Gasteiger partial charge in [-0.3, -0.25) is 0 Å². The summed E-state index contributed by atoms with van der Waals surface area (Å²) in [7, 11) is 2.19. The number of benzene rings is 1. The Kier molecular flexibility index (Phi) is 4.99. The van der Waals surface area contributed by atoms with E-state index in [1.807, 2.05) is 11.3 Å².